The summed E-state index contributed by atoms with van der Waals surface area (Å²) in [5.74, 6) is 2.35. The summed E-state index contributed by atoms with van der Waals surface area (Å²) in [4.78, 5) is 34.9. The minimum Gasteiger partial charge on any atom is -0.497 e. The molecule has 1 aromatic carbocycles. The Morgan fingerprint density at radius 2 is 1.97 bits per heavy atom. The molecular formula is C26H36Cl2N6O4. The molecule has 0 spiro atoms. The number of aromatic nitrogens is 4. The molecule has 0 radical (unpaired) electrons. The zero-order valence-electron chi connectivity index (χ0n) is 22.1. The van der Waals surface area contributed by atoms with Gasteiger partial charge >= 0.3 is 0 Å². The number of ether oxygens (including phenoxy) is 3. The van der Waals surface area contributed by atoms with Crippen molar-refractivity contribution in [2.75, 3.05) is 59.1 Å². The van der Waals surface area contributed by atoms with Crippen molar-refractivity contribution in [2.24, 2.45) is 0 Å². The van der Waals surface area contributed by atoms with Crippen molar-refractivity contribution in [1.82, 2.24) is 24.8 Å². The molecular weight excluding hydrogens is 531 g/mol. The quantitative estimate of drug-likeness (QED) is 0.440. The van der Waals surface area contributed by atoms with Gasteiger partial charge in [-0.3, -0.25) is 14.7 Å². The Hall–Kier alpha value is -2.50. The Morgan fingerprint density at radius 3 is 2.71 bits per heavy atom. The number of nitrogens with one attached hydrogen (secondary N) is 1. The molecule has 0 bridgehead atoms. The molecule has 4 heterocycles. The average molecular weight is 568 g/mol. The second kappa shape index (κ2) is 13.5. The number of benzene rings is 1. The summed E-state index contributed by atoms with van der Waals surface area (Å²) in [5, 5.41) is 0.648. The van der Waals surface area contributed by atoms with Crippen LogP contribution in [-0.4, -0.2) is 79.0 Å². The number of fused-ring (bicyclic) bond motifs is 2. The third-order valence-electron chi connectivity index (χ3n) is 7.07. The SMILES string of the molecule is COCCN(C)Cc1ncc2c(n1)CCN(c1nc3cc(OC)cc(C4CCOCC4)c3c(=O)[nH]1)C2.Cl.Cl. The normalized spacial score (nSPS) is 15.6. The molecule has 1 fully saturated rings. The molecule has 10 nitrogen and oxygen atoms in total. The van der Waals surface area contributed by atoms with Crippen molar-refractivity contribution >= 4 is 41.7 Å². The molecule has 3 aromatic rings. The van der Waals surface area contributed by atoms with Gasteiger partial charge < -0.3 is 19.1 Å². The number of halogens is 2. The van der Waals surface area contributed by atoms with Crippen LogP contribution in [0.3, 0.4) is 0 Å². The van der Waals surface area contributed by atoms with Crippen LogP contribution in [0.1, 0.15) is 41.4 Å². The second-order valence-electron chi connectivity index (χ2n) is 9.55. The summed E-state index contributed by atoms with van der Waals surface area (Å²) in [7, 11) is 5.39. The van der Waals surface area contributed by atoms with Gasteiger partial charge in [0.2, 0.25) is 5.95 Å². The van der Waals surface area contributed by atoms with Crippen LogP contribution >= 0.6 is 24.8 Å². The van der Waals surface area contributed by atoms with Gasteiger partial charge in [-0.2, -0.15) is 0 Å². The molecule has 0 saturated carbocycles. The van der Waals surface area contributed by atoms with Gasteiger partial charge in [0.25, 0.3) is 5.56 Å². The highest BCUT2D eigenvalue weighted by molar-refractivity contribution is 5.86. The predicted octanol–water partition coefficient (Wildman–Crippen LogP) is 3.10. The molecule has 0 aliphatic carbocycles. The first kappa shape index (κ1) is 30.0. The Kier molecular flexibility index (Phi) is 10.7. The minimum absolute atomic E-state index is 0. The van der Waals surface area contributed by atoms with Gasteiger partial charge in [-0.25, -0.2) is 15.0 Å². The van der Waals surface area contributed by atoms with Crippen LogP contribution in [0.4, 0.5) is 5.95 Å². The molecule has 0 amide bonds. The molecule has 2 aliphatic rings. The number of anilines is 1. The smallest absolute Gasteiger partial charge is 0.260 e. The van der Waals surface area contributed by atoms with Crippen LogP contribution < -0.4 is 15.2 Å². The first-order chi connectivity index (χ1) is 17.6. The van der Waals surface area contributed by atoms with Gasteiger partial charge in [0.05, 0.1) is 36.9 Å². The standard InChI is InChI=1S/C26H34N6O4.2ClH/c1-31(8-11-34-2)16-23-27-14-18-15-32(7-4-21(18)28-23)26-29-22-13-19(35-3)12-20(24(22)25(33)30-26)17-5-9-36-10-6-17;;/h12-14,17H,4-11,15-16H2,1-3H3,(H,29,30,33);2*1H. The molecule has 0 atom stereocenters. The molecule has 5 rings (SSSR count). The van der Waals surface area contributed by atoms with Gasteiger partial charge in [-0.05, 0) is 37.4 Å². The van der Waals surface area contributed by atoms with E-state index in [1.165, 1.54) is 0 Å². The van der Waals surface area contributed by atoms with Gasteiger partial charge in [-0.15, -0.1) is 24.8 Å². The van der Waals surface area contributed by atoms with Crippen molar-refractivity contribution in [3.8, 4) is 5.75 Å². The highest BCUT2D eigenvalue weighted by Crippen LogP contribution is 2.34. The average Bonchev–Trinajstić information content (AvgIpc) is 2.91. The predicted molar refractivity (Wildman–Crippen MR) is 151 cm³/mol. The highest BCUT2D eigenvalue weighted by Gasteiger charge is 2.24. The third-order valence-corrected chi connectivity index (χ3v) is 7.07. The van der Waals surface area contributed by atoms with E-state index in [0.29, 0.717) is 62.1 Å². The lowest BCUT2D eigenvalue weighted by Gasteiger charge is -2.29. The van der Waals surface area contributed by atoms with Crippen molar-refractivity contribution in [1.29, 1.82) is 0 Å². The lowest BCUT2D eigenvalue weighted by Crippen LogP contribution is -2.34. The van der Waals surface area contributed by atoms with Gasteiger partial charge in [0, 0.05) is 64.2 Å². The summed E-state index contributed by atoms with van der Waals surface area (Å²) in [6.07, 6.45) is 4.44. The van der Waals surface area contributed by atoms with Crippen molar-refractivity contribution in [3.63, 3.8) is 0 Å². The fourth-order valence-corrected chi connectivity index (χ4v) is 5.04. The number of rotatable bonds is 8. The zero-order valence-corrected chi connectivity index (χ0v) is 23.7. The maximum atomic E-state index is 13.3. The van der Waals surface area contributed by atoms with E-state index in [1.807, 2.05) is 25.4 Å². The third kappa shape index (κ3) is 6.55. The molecule has 1 N–H and O–H groups in total. The fraction of sp³-hybridized carbons (Fsp3) is 0.538. The van der Waals surface area contributed by atoms with Gasteiger partial charge in [-0.1, -0.05) is 0 Å². The Labute approximate surface area is 234 Å². The van der Waals surface area contributed by atoms with Crippen LogP contribution in [0.5, 0.6) is 5.75 Å². The largest absolute Gasteiger partial charge is 0.497 e. The number of aromatic amines is 1. The highest BCUT2D eigenvalue weighted by atomic mass is 35.5. The molecule has 38 heavy (non-hydrogen) atoms. The summed E-state index contributed by atoms with van der Waals surface area (Å²) in [6, 6.07) is 3.83. The molecule has 12 heteroatoms. The Bertz CT molecular complexity index is 1280. The van der Waals surface area contributed by atoms with E-state index < -0.39 is 0 Å². The number of hydrogen-bond donors (Lipinski definition) is 1. The van der Waals surface area contributed by atoms with Crippen LogP contribution in [0.2, 0.25) is 0 Å². The summed E-state index contributed by atoms with van der Waals surface area (Å²) in [5.41, 5.74) is 3.65. The van der Waals surface area contributed by atoms with E-state index in [0.717, 1.165) is 48.5 Å². The van der Waals surface area contributed by atoms with Gasteiger partial charge in [0.15, 0.2) is 0 Å². The van der Waals surface area contributed by atoms with Crippen LogP contribution in [0.15, 0.2) is 23.1 Å². The minimum atomic E-state index is -0.115. The van der Waals surface area contributed by atoms with Crippen LogP contribution in [0.25, 0.3) is 10.9 Å². The van der Waals surface area contributed by atoms with E-state index in [2.05, 4.69) is 19.8 Å². The number of methoxy groups -OCH3 is 2. The summed E-state index contributed by atoms with van der Waals surface area (Å²) in [6.45, 7) is 4.90. The monoisotopic (exact) mass is 566 g/mol. The van der Waals surface area contributed by atoms with Crippen LogP contribution in [0, 0.1) is 0 Å². The summed E-state index contributed by atoms with van der Waals surface area (Å²) < 4.78 is 16.2. The topological polar surface area (TPSA) is 106 Å². The lowest BCUT2D eigenvalue weighted by molar-refractivity contribution is 0.0855. The molecule has 2 aromatic heterocycles. The van der Waals surface area contributed by atoms with E-state index in [1.54, 1.807) is 14.2 Å². The molecule has 1 saturated heterocycles. The first-order valence-electron chi connectivity index (χ1n) is 12.5. The van der Waals surface area contributed by atoms with Gasteiger partial charge in [0.1, 0.15) is 11.6 Å². The number of likely N-dealkylation sites (N-methyl/N-ethyl adjacent to an activating group) is 1. The van der Waals surface area contributed by atoms with E-state index in [9.17, 15) is 4.79 Å². The maximum absolute atomic E-state index is 13.3. The summed E-state index contributed by atoms with van der Waals surface area (Å²) >= 11 is 0. The second-order valence-corrected chi connectivity index (χ2v) is 9.55. The van der Waals surface area contributed by atoms with Crippen LogP contribution in [-0.2, 0) is 29.0 Å². The fourth-order valence-electron chi connectivity index (χ4n) is 5.04. The van der Waals surface area contributed by atoms with Crippen molar-refractivity contribution in [3.05, 3.63) is 51.3 Å². The number of nitrogens with zero attached hydrogens (tertiary/aromatic N) is 5. The lowest BCUT2D eigenvalue weighted by atomic mass is 9.89. The van der Waals surface area contributed by atoms with Crippen molar-refractivity contribution in [2.45, 2.75) is 38.3 Å². The van der Waals surface area contributed by atoms with E-state index >= 15 is 0 Å². The number of hydrogen-bond acceptors (Lipinski definition) is 9. The zero-order chi connectivity index (χ0) is 25.1. The Balaban J connectivity index is 0.00000200. The maximum Gasteiger partial charge on any atom is 0.260 e. The Morgan fingerprint density at radius 1 is 1.18 bits per heavy atom. The molecule has 2 aliphatic heterocycles. The first-order valence-corrected chi connectivity index (χ1v) is 12.5. The number of H-pyrrole nitrogens is 1. The van der Waals surface area contributed by atoms with E-state index in [-0.39, 0.29) is 36.3 Å². The molecule has 208 valence electrons. The van der Waals surface area contributed by atoms with Crippen molar-refractivity contribution < 1.29 is 14.2 Å². The van der Waals surface area contributed by atoms with E-state index in [4.69, 9.17) is 24.2 Å². The molecule has 0 unspecified atom stereocenters.